The van der Waals surface area contributed by atoms with E-state index in [9.17, 15) is 9.59 Å². The van der Waals surface area contributed by atoms with Gasteiger partial charge in [-0.25, -0.2) is 14.9 Å². The predicted octanol–water partition coefficient (Wildman–Crippen LogP) is 3.79. The molecule has 2 aromatic heterocycles. The van der Waals surface area contributed by atoms with Gasteiger partial charge in [0.05, 0.1) is 11.4 Å². The third-order valence-electron chi connectivity index (χ3n) is 4.20. The lowest BCUT2D eigenvalue weighted by Crippen LogP contribution is -2.19. The first kappa shape index (κ1) is 20.3. The highest BCUT2D eigenvalue weighted by Gasteiger charge is 2.13. The van der Waals surface area contributed by atoms with Crippen molar-refractivity contribution in [3.05, 3.63) is 45.7 Å². The number of nitrogens with zero attached hydrogens (tertiary/aromatic N) is 3. The Kier molecular flexibility index (Phi) is 7.05. The summed E-state index contributed by atoms with van der Waals surface area (Å²) in [6, 6.07) is 8.27. The number of carbonyl (C=O) groups excluding carboxylic acids is 1. The maximum Gasteiger partial charge on any atom is 0.343 e. The van der Waals surface area contributed by atoms with Gasteiger partial charge in [0.25, 0.3) is 0 Å². The minimum atomic E-state index is -0.241. The first-order valence-electron chi connectivity index (χ1n) is 9.23. The molecule has 9 heteroatoms. The average Bonchev–Trinajstić information content (AvgIpc) is 3.31. The second kappa shape index (κ2) is 9.70. The number of nitrogens with one attached hydrogen (secondary N) is 2. The van der Waals surface area contributed by atoms with E-state index in [-0.39, 0.29) is 17.3 Å². The normalized spacial score (nSPS) is 10.9. The average molecular weight is 418 g/mol. The van der Waals surface area contributed by atoms with Gasteiger partial charge in [-0.1, -0.05) is 56.3 Å². The zero-order valence-corrected chi connectivity index (χ0v) is 17.5. The van der Waals surface area contributed by atoms with E-state index in [4.69, 9.17) is 0 Å². The molecule has 0 fully saturated rings. The van der Waals surface area contributed by atoms with E-state index >= 15 is 0 Å². The van der Waals surface area contributed by atoms with Crippen molar-refractivity contribution < 1.29 is 4.79 Å². The number of thiazole rings is 1. The van der Waals surface area contributed by atoms with Crippen LogP contribution in [0.2, 0.25) is 0 Å². The number of hydrogen-bond acceptors (Lipinski definition) is 6. The second-order valence-corrected chi connectivity index (χ2v) is 8.04. The van der Waals surface area contributed by atoms with Crippen LogP contribution in [0, 0.1) is 0 Å². The summed E-state index contributed by atoms with van der Waals surface area (Å²) in [7, 11) is 0. The Hall–Kier alpha value is -2.39. The summed E-state index contributed by atoms with van der Waals surface area (Å²) in [5.41, 5.74) is 2.91. The van der Waals surface area contributed by atoms with Gasteiger partial charge in [0.15, 0.2) is 10.3 Å². The third kappa shape index (κ3) is 5.11. The summed E-state index contributed by atoms with van der Waals surface area (Å²) < 4.78 is 1.57. The van der Waals surface area contributed by atoms with Gasteiger partial charge in [-0.15, -0.1) is 16.4 Å². The van der Waals surface area contributed by atoms with Gasteiger partial charge in [0.1, 0.15) is 0 Å². The summed E-state index contributed by atoms with van der Waals surface area (Å²) in [5.74, 6) is -0.0130. The van der Waals surface area contributed by atoms with E-state index in [0.717, 1.165) is 30.5 Å². The molecule has 0 unspecified atom stereocenters. The van der Waals surface area contributed by atoms with Gasteiger partial charge in [-0.05, 0) is 18.4 Å². The van der Waals surface area contributed by atoms with E-state index in [1.165, 1.54) is 28.7 Å². The summed E-state index contributed by atoms with van der Waals surface area (Å²) in [5, 5.41) is 12.3. The second-order valence-electron chi connectivity index (χ2n) is 6.24. The molecular weight excluding hydrogens is 394 g/mol. The highest BCUT2D eigenvalue weighted by atomic mass is 32.2. The molecule has 1 aromatic carbocycles. The Morgan fingerprint density at radius 2 is 2.07 bits per heavy atom. The van der Waals surface area contributed by atoms with E-state index < -0.39 is 0 Å². The fourth-order valence-electron chi connectivity index (χ4n) is 2.59. The maximum atomic E-state index is 12.3. The smallest absolute Gasteiger partial charge is 0.301 e. The van der Waals surface area contributed by atoms with E-state index in [1.807, 2.05) is 17.5 Å². The maximum absolute atomic E-state index is 12.3. The van der Waals surface area contributed by atoms with Crippen molar-refractivity contribution in [3.63, 3.8) is 0 Å². The number of rotatable bonds is 9. The number of anilines is 1. The molecule has 0 aliphatic carbocycles. The number of H-pyrrole nitrogens is 1. The Balaban J connectivity index is 1.57. The Bertz CT molecular complexity index is 975. The quantitative estimate of drug-likeness (QED) is 0.517. The molecule has 0 saturated heterocycles. The topological polar surface area (TPSA) is 92.7 Å². The summed E-state index contributed by atoms with van der Waals surface area (Å²) >= 11 is 2.63. The van der Waals surface area contributed by atoms with Crippen molar-refractivity contribution in [3.8, 4) is 11.3 Å². The van der Waals surface area contributed by atoms with E-state index in [0.29, 0.717) is 16.8 Å². The number of aryl methyl sites for hydroxylation is 1. The molecule has 2 N–H and O–H groups in total. The monoisotopic (exact) mass is 417 g/mol. The summed E-state index contributed by atoms with van der Waals surface area (Å²) in [6.07, 6.45) is 2.87. The minimum absolute atomic E-state index is 0.163. The van der Waals surface area contributed by atoms with E-state index in [1.54, 1.807) is 4.57 Å². The van der Waals surface area contributed by atoms with Crippen molar-refractivity contribution in [1.82, 2.24) is 19.7 Å². The summed E-state index contributed by atoms with van der Waals surface area (Å²) in [6.45, 7) is 4.78. The number of benzene rings is 1. The van der Waals surface area contributed by atoms with Gasteiger partial charge in [-0.3, -0.25) is 9.36 Å². The first-order chi connectivity index (χ1) is 13.6. The predicted molar refractivity (Wildman–Crippen MR) is 114 cm³/mol. The third-order valence-corrected chi connectivity index (χ3v) is 5.93. The Morgan fingerprint density at radius 1 is 1.29 bits per heavy atom. The number of aromatic nitrogens is 4. The Morgan fingerprint density at radius 3 is 2.79 bits per heavy atom. The first-order valence-corrected chi connectivity index (χ1v) is 11.1. The lowest BCUT2D eigenvalue weighted by Gasteiger charge is -2.04. The van der Waals surface area contributed by atoms with Crippen LogP contribution in [0.15, 0.2) is 39.6 Å². The van der Waals surface area contributed by atoms with Gasteiger partial charge >= 0.3 is 5.69 Å². The van der Waals surface area contributed by atoms with Crippen molar-refractivity contribution in [2.75, 3.05) is 11.1 Å². The molecule has 1 amide bonds. The van der Waals surface area contributed by atoms with Crippen LogP contribution in [0.3, 0.4) is 0 Å². The van der Waals surface area contributed by atoms with Crippen LogP contribution in [-0.2, 0) is 17.8 Å². The fourth-order valence-corrected chi connectivity index (χ4v) is 4.10. The molecule has 0 bridgehead atoms. The van der Waals surface area contributed by atoms with Crippen LogP contribution >= 0.6 is 23.1 Å². The lowest BCUT2D eigenvalue weighted by atomic mass is 10.1. The highest BCUT2D eigenvalue weighted by molar-refractivity contribution is 7.99. The number of hydrogen-bond donors (Lipinski definition) is 2. The molecule has 0 aliphatic rings. The largest absolute Gasteiger partial charge is 0.343 e. The van der Waals surface area contributed by atoms with Gasteiger partial charge in [0.2, 0.25) is 5.91 Å². The fraction of sp³-hybridized carbons (Fsp3) is 0.368. The highest BCUT2D eigenvalue weighted by Crippen LogP contribution is 2.25. The molecule has 3 aromatic rings. The molecule has 7 nitrogen and oxygen atoms in total. The van der Waals surface area contributed by atoms with Crippen molar-refractivity contribution in [1.29, 1.82) is 0 Å². The molecule has 28 heavy (non-hydrogen) atoms. The molecule has 2 heterocycles. The van der Waals surface area contributed by atoms with Crippen LogP contribution < -0.4 is 11.0 Å². The zero-order chi connectivity index (χ0) is 19.9. The van der Waals surface area contributed by atoms with Crippen molar-refractivity contribution >= 4 is 34.1 Å². The van der Waals surface area contributed by atoms with Crippen molar-refractivity contribution in [2.45, 2.75) is 44.8 Å². The SMILES string of the molecule is CCCCn1c(SCC(=O)Nc2nc(-c3ccc(CC)cc3)cs2)n[nH]c1=O. The molecular formula is C19H23N5O2S2. The number of thioether (sulfide) groups is 1. The van der Waals surface area contributed by atoms with Gasteiger partial charge in [0, 0.05) is 17.5 Å². The Labute approximate surface area is 171 Å². The molecule has 0 radical (unpaired) electrons. The van der Waals surface area contributed by atoms with Crippen LogP contribution in [0.5, 0.6) is 0 Å². The van der Waals surface area contributed by atoms with Crippen LogP contribution in [0.25, 0.3) is 11.3 Å². The van der Waals surface area contributed by atoms with Crippen LogP contribution in [0.1, 0.15) is 32.3 Å². The molecule has 0 saturated carbocycles. The van der Waals surface area contributed by atoms with Crippen LogP contribution in [0.4, 0.5) is 5.13 Å². The molecule has 0 spiro atoms. The van der Waals surface area contributed by atoms with Crippen LogP contribution in [-0.4, -0.2) is 31.4 Å². The van der Waals surface area contributed by atoms with Crippen molar-refractivity contribution in [2.24, 2.45) is 0 Å². The number of carbonyl (C=O) groups is 1. The molecule has 148 valence electrons. The molecule has 0 aliphatic heterocycles. The lowest BCUT2D eigenvalue weighted by molar-refractivity contribution is -0.113. The van der Waals surface area contributed by atoms with Gasteiger partial charge in [-0.2, -0.15) is 0 Å². The zero-order valence-electron chi connectivity index (χ0n) is 15.9. The van der Waals surface area contributed by atoms with Gasteiger partial charge < -0.3 is 5.32 Å². The number of amides is 1. The molecule has 3 rings (SSSR count). The van der Waals surface area contributed by atoms with E-state index in [2.05, 4.69) is 46.5 Å². The summed E-state index contributed by atoms with van der Waals surface area (Å²) in [4.78, 5) is 28.5. The number of unbranched alkanes of at least 4 members (excludes halogenated alkanes) is 1. The number of aromatic amines is 1. The standard InChI is InChI=1S/C19H23N5O2S2/c1-3-5-10-24-18(26)22-23-19(24)28-12-16(25)21-17-20-15(11-27-17)14-8-6-13(4-2)7-9-14/h6-9,11H,3-5,10,12H2,1-2H3,(H,22,26)(H,20,21,25). The molecule has 0 atom stereocenters. The minimum Gasteiger partial charge on any atom is -0.301 e.